The molecule has 0 unspecified atom stereocenters. The number of carbonyl (C=O) groups is 1. The average molecular weight is 387 g/mol. The molecule has 0 fully saturated rings. The van der Waals surface area contributed by atoms with Crippen molar-refractivity contribution in [3.8, 4) is 0 Å². The van der Waals surface area contributed by atoms with Crippen LogP contribution in [0.5, 0.6) is 0 Å². The number of amides is 1. The number of halogens is 4. The summed E-state index contributed by atoms with van der Waals surface area (Å²) in [5, 5.41) is 2.07. The zero-order valence-corrected chi connectivity index (χ0v) is 15.0. The molecule has 0 aliphatic heterocycles. The van der Waals surface area contributed by atoms with Crippen LogP contribution in [-0.4, -0.2) is 10.5 Å². The van der Waals surface area contributed by atoms with E-state index in [0.29, 0.717) is 22.5 Å². The molecule has 1 heterocycles. The number of nitrogens with zero attached hydrogens (tertiary/aromatic N) is 1. The number of nitrogens with one attached hydrogen (secondary N) is 1. The van der Waals surface area contributed by atoms with Crippen LogP contribution in [0.4, 0.5) is 18.9 Å². The monoisotopic (exact) mass is 386 g/mol. The van der Waals surface area contributed by atoms with Crippen LogP contribution in [0, 0.1) is 0 Å². The number of pyridine rings is 1. The van der Waals surface area contributed by atoms with Gasteiger partial charge in [-0.2, -0.15) is 13.2 Å². The van der Waals surface area contributed by atoms with E-state index in [1.807, 2.05) is 26.0 Å². The lowest BCUT2D eigenvalue weighted by Crippen LogP contribution is -2.29. The number of rotatable bonds is 5. The molecule has 4 nitrogen and oxygen atoms in total. The molecule has 1 aromatic carbocycles. The minimum absolute atomic E-state index is 0.192. The van der Waals surface area contributed by atoms with Crippen molar-refractivity contribution in [2.45, 2.75) is 38.9 Å². The summed E-state index contributed by atoms with van der Waals surface area (Å²) < 4.78 is 39.3. The van der Waals surface area contributed by atoms with Crippen LogP contribution in [0.25, 0.3) is 0 Å². The molecule has 0 saturated carbocycles. The van der Waals surface area contributed by atoms with Gasteiger partial charge in [0, 0.05) is 11.9 Å². The van der Waals surface area contributed by atoms with Crippen LogP contribution >= 0.6 is 11.6 Å². The van der Waals surface area contributed by atoms with Crippen LogP contribution in [0.3, 0.4) is 0 Å². The van der Waals surface area contributed by atoms with Gasteiger partial charge in [0.1, 0.15) is 11.6 Å². The number of alkyl halides is 3. The largest absolute Gasteiger partial charge is 0.417 e. The Hall–Kier alpha value is -2.28. The first-order valence-corrected chi connectivity index (χ1v) is 8.37. The normalized spacial score (nSPS) is 12.7. The van der Waals surface area contributed by atoms with E-state index in [4.69, 9.17) is 11.6 Å². The van der Waals surface area contributed by atoms with Gasteiger partial charge in [-0.1, -0.05) is 43.6 Å². The van der Waals surface area contributed by atoms with E-state index in [1.165, 1.54) is 0 Å². The van der Waals surface area contributed by atoms with Gasteiger partial charge in [-0.25, -0.2) is 0 Å². The van der Waals surface area contributed by atoms with Gasteiger partial charge in [0.15, 0.2) is 0 Å². The molecule has 1 atom stereocenters. The fourth-order valence-corrected chi connectivity index (χ4v) is 2.70. The highest BCUT2D eigenvalue weighted by molar-refractivity contribution is 6.30. The summed E-state index contributed by atoms with van der Waals surface area (Å²) in [6.07, 6.45) is -3.22. The van der Waals surface area contributed by atoms with Crippen LogP contribution in [-0.2, 0) is 17.5 Å². The van der Waals surface area contributed by atoms with E-state index in [2.05, 4.69) is 5.32 Å². The number of hydrogen-bond donors (Lipinski definition) is 1. The standard InChI is InChI=1S/C18H18ClF3N2O2/c1-3-11(2)13-6-4-5-7-15(13)23-16(25)10-24-9-12(18(20,21)22)8-14(19)17(24)26/h4-9,11H,3,10H2,1-2H3,(H,23,25)/t11-/m0/s1. The average Bonchev–Trinajstić information content (AvgIpc) is 2.57. The second-order valence-electron chi connectivity index (χ2n) is 5.95. The molecule has 0 aliphatic carbocycles. The summed E-state index contributed by atoms with van der Waals surface area (Å²) in [6.45, 7) is 3.44. The molecule has 0 spiro atoms. The van der Waals surface area contributed by atoms with Crippen molar-refractivity contribution in [1.29, 1.82) is 0 Å². The van der Waals surface area contributed by atoms with E-state index in [0.717, 1.165) is 12.0 Å². The summed E-state index contributed by atoms with van der Waals surface area (Å²) >= 11 is 5.59. The summed E-state index contributed by atoms with van der Waals surface area (Å²) in [7, 11) is 0. The number of carbonyl (C=O) groups excluding carboxylic acids is 1. The number of para-hydroxylation sites is 1. The fourth-order valence-electron chi connectivity index (χ4n) is 2.48. The maximum atomic E-state index is 12.9. The molecule has 140 valence electrons. The molecule has 0 saturated heterocycles. The summed E-state index contributed by atoms with van der Waals surface area (Å²) in [6, 6.07) is 7.72. The smallest absolute Gasteiger partial charge is 0.324 e. The Labute approximate surface area is 153 Å². The van der Waals surface area contributed by atoms with Crippen LogP contribution < -0.4 is 10.9 Å². The highest BCUT2D eigenvalue weighted by Gasteiger charge is 2.32. The van der Waals surface area contributed by atoms with Crippen LogP contribution in [0.1, 0.15) is 37.3 Å². The first-order chi connectivity index (χ1) is 12.1. The first kappa shape index (κ1) is 20.0. The van der Waals surface area contributed by atoms with Crippen LogP contribution in [0.2, 0.25) is 5.02 Å². The first-order valence-electron chi connectivity index (χ1n) is 7.99. The van der Waals surface area contributed by atoms with E-state index in [-0.39, 0.29) is 5.92 Å². The molecule has 8 heteroatoms. The maximum Gasteiger partial charge on any atom is 0.417 e. The van der Waals surface area contributed by atoms with Crippen LogP contribution in [0.15, 0.2) is 41.3 Å². The number of hydrogen-bond acceptors (Lipinski definition) is 2. The SMILES string of the molecule is CC[C@H](C)c1ccccc1NC(=O)Cn1cc(C(F)(F)F)cc(Cl)c1=O. The van der Waals surface area contributed by atoms with E-state index >= 15 is 0 Å². The highest BCUT2D eigenvalue weighted by atomic mass is 35.5. The number of anilines is 1. The van der Waals surface area contributed by atoms with Gasteiger partial charge in [0.05, 0.1) is 5.56 Å². The van der Waals surface area contributed by atoms with Gasteiger partial charge in [0.25, 0.3) is 5.56 Å². The third-order valence-corrected chi connectivity index (χ3v) is 4.33. The minimum atomic E-state index is -4.67. The Balaban J connectivity index is 2.27. The lowest BCUT2D eigenvalue weighted by molar-refractivity contribution is -0.138. The second-order valence-corrected chi connectivity index (χ2v) is 6.36. The molecule has 0 bridgehead atoms. The third kappa shape index (κ3) is 4.66. The van der Waals surface area contributed by atoms with Crippen molar-refractivity contribution in [3.63, 3.8) is 0 Å². The minimum Gasteiger partial charge on any atom is -0.324 e. The van der Waals surface area contributed by atoms with Gasteiger partial charge < -0.3 is 9.88 Å². The molecule has 1 aromatic heterocycles. The molecular formula is C18H18ClF3N2O2. The van der Waals surface area contributed by atoms with Crippen molar-refractivity contribution in [2.75, 3.05) is 5.32 Å². The molecule has 0 radical (unpaired) electrons. The molecular weight excluding hydrogens is 369 g/mol. The highest BCUT2D eigenvalue weighted by Crippen LogP contribution is 2.30. The molecule has 2 rings (SSSR count). The maximum absolute atomic E-state index is 12.9. The third-order valence-electron chi connectivity index (χ3n) is 4.06. The van der Waals surface area contributed by atoms with Crippen molar-refractivity contribution in [1.82, 2.24) is 4.57 Å². The molecule has 1 N–H and O–H groups in total. The zero-order valence-electron chi connectivity index (χ0n) is 14.2. The zero-order chi connectivity index (χ0) is 19.5. The lowest BCUT2D eigenvalue weighted by Gasteiger charge is -2.16. The quantitative estimate of drug-likeness (QED) is 0.811. The number of benzene rings is 1. The Bertz CT molecular complexity index is 862. The van der Waals surface area contributed by atoms with E-state index in [9.17, 15) is 22.8 Å². The molecule has 0 aliphatic rings. The molecule has 1 amide bonds. The Morgan fingerprint density at radius 3 is 2.58 bits per heavy atom. The molecule has 2 aromatic rings. The van der Waals surface area contributed by atoms with E-state index in [1.54, 1.807) is 12.1 Å². The predicted molar refractivity (Wildman–Crippen MR) is 94.5 cm³/mol. The lowest BCUT2D eigenvalue weighted by atomic mass is 9.97. The van der Waals surface area contributed by atoms with Gasteiger partial charge in [-0.3, -0.25) is 9.59 Å². The number of aromatic nitrogens is 1. The van der Waals surface area contributed by atoms with Gasteiger partial charge in [-0.05, 0) is 30.0 Å². The topological polar surface area (TPSA) is 51.1 Å². The summed E-state index contributed by atoms with van der Waals surface area (Å²) in [5.74, 6) is -0.421. The Morgan fingerprint density at radius 1 is 1.31 bits per heavy atom. The van der Waals surface area contributed by atoms with Gasteiger partial charge in [-0.15, -0.1) is 0 Å². The molecule has 26 heavy (non-hydrogen) atoms. The second kappa shape index (κ2) is 7.95. The Kier molecular flexibility index (Phi) is 6.13. The summed E-state index contributed by atoms with van der Waals surface area (Å²) in [4.78, 5) is 24.2. The van der Waals surface area contributed by atoms with E-state index < -0.39 is 34.8 Å². The van der Waals surface area contributed by atoms with Crippen molar-refractivity contribution in [2.24, 2.45) is 0 Å². The van der Waals surface area contributed by atoms with Crippen molar-refractivity contribution in [3.05, 3.63) is 63.0 Å². The van der Waals surface area contributed by atoms with Crippen molar-refractivity contribution < 1.29 is 18.0 Å². The van der Waals surface area contributed by atoms with Crippen molar-refractivity contribution >= 4 is 23.2 Å². The summed E-state index contributed by atoms with van der Waals surface area (Å²) in [5.41, 5.74) is -0.462. The van der Waals surface area contributed by atoms with Gasteiger partial charge >= 0.3 is 6.18 Å². The van der Waals surface area contributed by atoms with Gasteiger partial charge in [0.2, 0.25) is 5.91 Å². The predicted octanol–water partition coefficient (Wildman–Crippen LogP) is 4.67. The fraction of sp³-hybridized carbons (Fsp3) is 0.333. The Morgan fingerprint density at radius 2 is 1.96 bits per heavy atom.